The summed E-state index contributed by atoms with van der Waals surface area (Å²) in [5.74, 6) is -0.400. The number of carboxylic acid groups (broad SMARTS) is 1. The minimum atomic E-state index is -0.984. The van der Waals surface area contributed by atoms with Crippen LogP contribution in [0.3, 0.4) is 0 Å². The van der Waals surface area contributed by atoms with Crippen LogP contribution in [-0.4, -0.2) is 28.8 Å². The van der Waals surface area contributed by atoms with Gasteiger partial charge in [0.2, 0.25) is 5.91 Å². The van der Waals surface area contributed by atoms with Crippen LogP contribution in [0.2, 0.25) is 5.02 Å². The average Bonchev–Trinajstić information content (AvgIpc) is 2.39. The van der Waals surface area contributed by atoms with Crippen molar-refractivity contribution in [2.24, 2.45) is 5.92 Å². The molecule has 0 aromatic heterocycles. The zero-order valence-corrected chi connectivity index (χ0v) is 13.7. The largest absolute Gasteiger partial charge is 0.480 e. The molecule has 0 aliphatic rings. The normalized spacial score (nSPS) is 12.2. The summed E-state index contributed by atoms with van der Waals surface area (Å²) in [6.07, 6.45) is 0.723. The third kappa shape index (κ3) is 7.39. The number of carboxylic acids is 1. The van der Waals surface area contributed by atoms with Crippen LogP contribution < -0.4 is 5.32 Å². The van der Waals surface area contributed by atoms with Gasteiger partial charge in [-0.3, -0.25) is 4.79 Å². The monoisotopic (exact) mass is 329 g/mol. The van der Waals surface area contributed by atoms with Crippen molar-refractivity contribution in [3.63, 3.8) is 0 Å². The van der Waals surface area contributed by atoms with E-state index in [4.69, 9.17) is 16.7 Å². The molecule has 0 fully saturated rings. The van der Waals surface area contributed by atoms with Crippen molar-refractivity contribution in [3.8, 4) is 0 Å². The standard InChI is InChI=1S/C15H20ClNO3S/c1-10(2)9-13(15(19)20)17-14(18)7-8-21-12-5-3-11(16)4-6-12/h3-6,10,13H,7-9H2,1-2H3,(H,17,18)(H,19,20)/t13-/m1/s1. The first-order chi connectivity index (χ1) is 9.88. The number of benzene rings is 1. The minimum absolute atomic E-state index is 0.217. The van der Waals surface area contributed by atoms with Gasteiger partial charge in [-0.2, -0.15) is 0 Å². The molecule has 1 atom stereocenters. The van der Waals surface area contributed by atoms with E-state index in [1.165, 1.54) is 11.8 Å². The molecule has 0 spiro atoms. The number of hydrogen-bond donors (Lipinski definition) is 2. The van der Waals surface area contributed by atoms with Gasteiger partial charge in [0.25, 0.3) is 0 Å². The highest BCUT2D eigenvalue weighted by molar-refractivity contribution is 7.99. The number of aliphatic carboxylic acids is 1. The lowest BCUT2D eigenvalue weighted by molar-refractivity contribution is -0.142. The van der Waals surface area contributed by atoms with Crippen LogP contribution in [-0.2, 0) is 9.59 Å². The van der Waals surface area contributed by atoms with Crippen molar-refractivity contribution >= 4 is 35.2 Å². The van der Waals surface area contributed by atoms with Gasteiger partial charge in [-0.1, -0.05) is 25.4 Å². The Labute approximate surface area is 134 Å². The van der Waals surface area contributed by atoms with Gasteiger partial charge in [-0.05, 0) is 36.6 Å². The van der Waals surface area contributed by atoms with Gasteiger partial charge in [-0.15, -0.1) is 11.8 Å². The molecule has 1 amide bonds. The van der Waals surface area contributed by atoms with Gasteiger partial charge >= 0.3 is 5.97 Å². The van der Waals surface area contributed by atoms with Crippen molar-refractivity contribution < 1.29 is 14.7 Å². The summed E-state index contributed by atoms with van der Waals surface area (Å²) >= 11 is 7.34. The second-order valence-corrected chi connectivity index (χ2v) is 6.75. The van der Waals surface area contributed by atoms with Gasteiger partial charge in [-0.25, -0.2) is 4.79 Å². The molecule has 0 radical (unpaired) electrons. The van der Waals surface area contributed by atoms with Gasteiger partial charge < -0.3 is 10.4 Å². The molecule has 4 nitrogen and oxygen atoms in total. The number of hydrogen-bond acceptors (Lipinski definition) is 3. The molecule has 0 saturated heterocycles. The molecule has 0 heterocycles. The van der Waals surface area contributed by atoms with E-state index in [9.17, 15) is 9.59 Å². The number of nitrogens with one attached hydrogen (secondary N) is 1. The predicted octanol–water partition coefficient (Wildman–Crippen LogP) is 3.44. The number of halogens is 1. The fourth-order valence-corrected chi connectivity index (χ4v) is 2.73. The third-order valence-corrected chi connectivity index (χ3v) is 4.02. The Kier molecular flexibility index (Phi) is 7.61. The maximum absolute atomic E-state index is 11.8. The first-order valence-corrected chi connectivity index (χ1v) is 8.15. The van der Waals surface area contributed by atoms with E-state index in [2.05, 4.69) is 5.32 Å². The smallest absolute Gasteiger partial charge is 0.326 e. The SMILES string of the molecule is CC(C)C[C@@H](NC(=O)CCSc1ccc(Cl)cc1)C(=O)O. The Morgan fingerprint density at radius 1 is 1.29 bits per heavy atom. The van der Waals surface area contributed by atoms with Crippen molar-refractivity contribution in [3.05, 3.63) is 29.3 Å². The summed E-state index contributed by atoms with van der Waals surface area (Å²) in [5, 5.41) is 12.3. The van der Waals surface area contributed by atoms with Crippen molar-refractivity contribution in [1.29, 1.82) is 0 Å². The molecule has 2 N–H and O–H groups in total. The molecule has 0 saturated carbocycles. The maximum atomic E-state index is 11.8. The van der Waals surface area contributed by atoms with Crippen LogP contribution in [0.5, 0.6) is 0 Å². The summed E-state index contributed by atoms with van der Waals surface area (Å²) in [6, 6.07) is 6.58. The number of thioether (sulfide) groups is 1. The highest BCUT2D eigenvalue weighted by Gasteiger charge is 2.20. The van der Waals surface area contributed by atoms with E-state index in [-0.39, 0.29) is 18.2 Å². The quantitative estimate of drug-likeness (QED) is 0.717. The number of amides is 1. The molecular formula is C15H20ClNO3S. The Morgan fingerprint density at radius 2 is 1.90 bits per heavy atom. The molecule has 6 heteroatoms. The Balaban J connectivity index is 2.35. The number of carbonyl (C=O) groups is 2. The molecule has 116 valence electrons. The molecule has 0 bridgehead atoms. The lowest BCUT2D eigenvalue weighted by Gasteiger charge is -2.16. The lowest BCUT2D eigenvalue weighted by Crippen LogP contribution is -2.41. The fraction of sp³-hybridized carbons (Fsp3) is 0.467. The van der Waals surface area contributed by atoms with Crippen LogP contribution in [0.15, 0.2) is 29.2 Å². The van der Waals surface area contributed by atoms with E-state index in [1.807, 2.05) is 26.0 Å². The second-order valence-electron chi connectivity index (χ2n) is 5.14. The minimum Gasteiger partial charge on any atom is -0.480 e. The highest BCUT2D eigenvalue weighted by atomic mass is 35.5. The first-order valence-electron chi connectivity index (χ1n) is 6.79. The Bertz CT molecular complexity index is 476. The predicted molar refractivity (Wildman–Crippen MR) is 85.8 cm³/mol. The molecular weight excluding hydrogens is 310 g/mol. The van der Waals surface area contributed by atoms with E-state index >= 15 is 0 Å². The molecule has 21 heavy (non-hydrogen) atoms. The van der Waals surface area contributed by atoms with Crippen molar-refractivity contribution in [1.82, 2.24) is 5.32 Å². The molecule has 1 aromatic rings. The molecule has 1 rings (SSSR count). The Hall–Kier alpha value is -1.20. The zero-order valence-electron chi connectivity index (χ0n) is 12.1. The molecule has 0 aliphatic heterocycles. The van der Waals surface area contributed by atoms with E-state index < -0.39 is 12.0 Å². The average molecular weight is 330 g/mol. The summed E-state index contributed by atoms with van der Waals surface area (Å²) in [6.45, 7) is 3.86. The fourth-order valence-electron chi connectivity index (χ4n) is 1.75. The van der Waals surface area contributed by atoms with Gasteiger partial charge in [0, 0.05) is 22.1 Å². The lowest BCUT2D eigenvalue weighted by atomic mass is 10.0. The Morgan fingerprint density at radius 3 is 2.43 bits per heavy atom. The van der Waals surface area contributed by atoms with Gasteiger partial charge in [0.05, 0.1) is 0 Å². The first kappa shape index (κ1) is 17.9. The van der Waals surface area contributed by atoms with Gasteiger partial charge in [0.15, 0.2) is 0 Å². The maximum Gasteiger partial charge on any atom is 0.326 e. The summed E-state index contributed by atoms with van der Waals surface area (Å²) in [4.78, 5) is 23.9. The van der Waals surface area contributed by atoms with Crippen LogP contribution in [0.25, 0.3) is 0 Å². The number of rotatable bonds is 8. The molecule has 0 aliphatic carbocycles. The van der Waals surface area contributed by atoms with Crippen molar-refractivity contribution in [2.45, 2.75) is 37.6 Å². The summed E-state index contributed by atoms with van der Waals surface area (Å²) in [5.41, 5.74) is 0. The molecule has 1 aromatic carbocycles. The van der Waals surface area contributed by atoms with E-state index in [0.29, 0.717) is 17.2 Å². The molecule has 0 unspecified atom stereocenters. The summed E-state index contributed by atoms with van der Waals surface area (Å²) in [7, 11) is 0. The zero-order chi connectivity index (χ0) is 15.8. The van der Waals surface area contributed by atoms with Gasteiger partial charge in [0.1, 0.15) is 6.04 Å². The van der Waals surface area contributed by atoms with Crippen LogP contribution in [0.1, 0.15) is 26.7 Å². The van der Waals surface area contributed by atoms with Crippen LogP contribution in [0.4, 0.5) is 0 Å². The second kappa shape index (κ2) is 8.95. The van der Waals surface area contributed by atoms with Crippen LogP contribution in [0, 0.1) is 5.92 Å². The highest BCUT2D eigenvalue weighted by Crippen LogP contribution is 2.20. The number of carbonyl (C=O) groups excluding carboxylic acids is 1. The van der Waals surface area contributed by atoms with Crippen molar-refractivity contribution in [2.75, 3.05) is 5.75 Å². The third-order valence-electron chi connectivity index (χ3n) is 2.75. The van der Waals surface area contributed by atoms with E-state index in [0.717, 1.165) is 4.90 Å². The van der Waals surface area contributed by atoms with Crippen LogP contribution >= 0.6 is 23.4 Å². The topological polar surface area (TPSA) is 66.4 Å². The summed E-state index contributed by atoms with van der Waals surface area (Å²) < 4.78 is 0. The van der Waals surface area contributed by atoms with E-state index in [1.54, 1.807) is 12.1 Å².